The van der Waals surface area contributed by atoms with Crippen molar-refractivity contribution < 1.29 is 14.3 Å². The van der Waals surface area contributed by atoms with Gasteiger partial charge in [-0.2, -0.15) is 0 Å². The van der Waals surface area contributed by atoms with Crippen molar-refractivity contribution in [2.24, 2.45) is 0 Å². The largest absolute Gasteiger partial charge is 0.439 e. The van der Waals surface area contributed by atoms with E-state index in [9.17, 15) is 0 Å². The molecule has 1 aliphatic rings. The predicted octanol–water partition coefficient (Wildman–Crippen LogP) is 2.81. The number of fused-ring (bicyclic) bond motifs is 1. The van der Waals surface area contributed by atoms with Gasteiger partial charge in [-0.15, -0.1) is 0 Å². The molecule has 0 spiro atoms. The van der Waals surface area contributed by atoms with Crippen LogP contribution >= 0.6 is 0 Å². The van der Waals surface area contributed by atoms with Gasteiger partial charge >= 0.3 is 0 Å². The lowest BCUT2D eigenvalue weighted by Gasteiger charge is -2.14. The Morgan fingerprint density at radius 1 is 1.18 bits per heavy atom. The highest BCUT2D eigenvalue weighted by atomic mass is 16.6. The molecule has 22 heavy (non-hydrogen) atoms. The fraction of sp³-hybridized carbons (Fsp3) is 0.167. The van der Waals surface area contributed by atoms with Crippen molar-refractivity contribution >= 4 is 11.8 Å². The predicted molar refractivity (Wildman–Crippen MR) is 86.3 cm³/mol. The topological polar surface area (TPSA) is 25.6 Å². The van der Waals surface area contributed by atoms with Crippen LogP contribution in [-0.4, -0.2) is 13.7 Å². The van der Waals surface area contributed by atoms with Crippen LogP contribution < -0.4 is 19.2 Å². The molecule has 3 rings (SSSR count). The lowest BCUT2D eigenvalue weighted by molar-refractivity contribution is -0.886. The highest BCUT2D eigenvalue weighted by Gasteiger charge is 2.23. The van der Waals surface area contributed by atoms with Crippen LogP contribution in [0.4, 0.5) is 5.69 Å². The number of anilines is 1. The first-order valence-corrected chi connectivity index (χ1v) is 7.31. The van der Waals surface area contributed by atoms with Crippen molar-refractivity contribution in [3.63, 3.8) is 0 Å². The Bertz CT molecular complexity index is 723. The zero-order valence-corrected chi connectivity index (χ0v) is 12.8. The first-order valence-electron chi connectivity index (χ1n) is 7.31. The number of hydrogen-bond acceptors (Lipinski definition) is 3. The third kappa shape index (κ3) is 2.68. The molecule has 112 valence electrons. The van der Waals surface area contributed by atoms with Crippen molar-refractivity contribution in [2.45, 2.75) is 6.92 Å². The van der Waals surface area contributed by atoms with Gasteiger partial charge in [-0.05, 0) is 31.2 Å². The molecule has 4 heteroatoms. The molecule has 0 saturated carbocycles. The summed E-state index contributed by atoms with van der Waals surface area (Å²) < 4.78 is 7.61. The molecule has 0 amide bonds. The zero-order valence-electron chi connectivity index (χ0n) is 12.8. The molecule has 0 atom stereocenters. The van der Waals surface area contributed by atoms with Crippen molar-refractivity contribution in [1.82, 2.24) is 0 Å². The average molecular weight is 295 g/mol. The second-order valence-corrected chi connectivity index (χ2v) is 4.81. The molecule has 0 aliphatic carbocycles. The molecule has 0 fully saturated rings. The van der Waals surface area contributed by atoms with Gasteiger partial charge in [0, 0.05) is 29.5 Å². The summed E-state index contributed by atoms with van der Waals surface area (Å²) in [7, 11) is 1.64. The highest BCUT2D eigenvalue weighted by molar-refractivity contribution is 5.66. The first kappa shape index (κ1) is 14.2. The minimum atomic E-state index is 0.833. The van der Waals surface area contributed by atoms with E-state index in [0.29, 0.717) is 0 Å². The van der Waals surface area contributed by atoms with Crippen LogP contribution in [0.1, 0.15) is 12.6 Å². The third-order valence-corrected chi connectivity index (χ3v) is 3.51. The lowest BCUT2D eigenvalue weighted by atomic mass is 10.3. The third-order valence-electron chi connectivity index (χ3n) is 3.51. The van der Waals surface area contributed by atoms with E-state index in [1.165, 1.54) is 0 Å². The molecular weight excluding hydrogens is 276 g/mol. The van der Waals surface area contributed by atoms with Crippen molar-refractivity contribution in [2.75, 3.05) is 18.6 Å². The molecule has 1 aromatic carbocycles. The minimum Gasteiger partial charge on any atom is -0.439 e. The van der Waals surface area contributed by atoms with E-state index < -0.39 is 0 Å². The fourth-order valence-corrected chi connectivity index (χ4v) is 2.47. The van der Waals surface area contributed by atoms with Crippen molar-refractivity contribution in [1.29, 1.82) is 0 Å². The summed E-state index contributed by atoms with van der Waals surface area (Å²) in [5.74, 6) is 1.73. The van der Waals surface area contributed by atoms with Crippen LogP contribution in [0, 0.1) is 0 Å². The number of ether oxygens (including phenoxy) is 1. The van der Waals surface area contributed by atoms with Crippen LogP contribution in [0.5, 0.6) is 5.75 Å². The number of pyridine rings is 1. The Hall–Kier alpha value is -2.75. The van der Waals surface area contributed by atoms with Crippen LogP contribution in [0.15, 0.2) is 66.7 Å². The summed E-state index contributed by atoms with van der Waals surface area (Å²) in [5, 5.41) is 0. The normalized spacial score (nSPS) is 15.2. The maximum atomic E-state index is 5.90. The minimum absolute atomic E-state index is 0.833. The van der Waals surface area contributed by atoms with Crippen LogP contribution in [0.2, 0.25) is 0 Å². The van der Waals surface area contributed by atoms with E-state index >= 15 is 0 Å². The summed E-state index contributed by atoms with van der Waals surface area (Å²) in [6.07, 6.45) is 7.79. The van der Waals surface area contributed by atoms with E-state index in [-0.39, 0.29) is 0 Å². The Balaban J connectivity index is 1.83. The van der Waals surface area contributed by atoms with Gasteiger partial charge in [0.05, 0.1) is 5.69 Å². The zero-order chi connectivity index (χ0) is 15.4. The smallest absolute Gasteiger partial charge is 0.257 e. The van der Waals surface area contributed by atoms with Gasteiger partial charge in [0.25, 0.3) is 5.69 Å². The average Bonchev–Trinajstić information content (AvgIpc) is 2.92. The number of aromatic nitrogens is 1. The van der Waals surface area contributed by atoms with Gasteiger partial charge in [0.15, 0.2) is 5.75 Å². The number of hydrogen-bond donors (Lipinski definition) is 0. The quantitative estimate of drug-likeness (QED) is 0.811. The molecule has 1 aliphatic heterocycles. The second-order valence-electron chi connectivity index (χ2n) is 4.81. The molecule has 2 aromatic rings. The number of rotatable bonds is 4. The molecule has 0 radical (unpaired) electrons. The molecular formula is C18H19N2O2+. The summed E-state index contributed by atoms with van der Waals surface area (Å²) in [6, 6.07) is 13.9. The van der Waals surface area contributed by atoms with E-state index in [4.69, 9.17) is 9.57 Å². The number of allylic oxidation sites excluding steroid dienone is 2. The second kappa shape index (κ2) is 6.35. The monoisotopic (exact) mass is 295 g/mol. The van der Waals surface area contributed by atoms with Crippen molar-refractivity contribution in [3.8, 4) is 5.75 Å². The molecule has 4 nitrogen and oxygen atoms in total. The van der Waals surface area contributed by atoms with Gasteiger partial charge in [-0.1, -0.05) is 18.2 Å². The van der Waals surface area contributed by atoms with E-state index in [1.54, 1.807) is 11.8 Å². The molecule has 1 aromatic heterocycles. The van der Waals surface area contributed by atoms with Gasteiger partial charge in [0.2, 0.25) is 12.1 Å². The first-order chi connectivity index (χ1) is 10.8. The molecule has 0 saturated heterocycles. The maximum Gasteiger partial charge on any atom is 0.257 e. The highest BCUT2D eigenvalue weighted by Crippen LogP contribution is 2.38. The molecule has 2 heterocycles. The van der Waals surface area contributed by atoms with Crippen LogP contribution in [-0.2, 0) is 0 Å². The molecule has 0 bridgehead atoms. The Morgan fingerprint density at radius 2 is 2.00 bits per heavy atom. The Morgan fingerprint density at radius 3 is 2.82 bits per heavy atom. The molecule has 0 unspecified atom stereocenters. The van der Waals surface area contributed by atoms with E-state index in [2.05, 4.69) is 17.9 Å². The van der Waals surface area contributed by atoms with Gasteiger partial charge in [-0.3, -0.25) is 4.84 Å². The van der Waals surface area contributed by atoms with Crippen LogP contribution in [0.25, 0.3) is 6.08 Å². The Kier molecular flexibility index (Phi) is 4.10. The van der Waals surface area contributed by atoms with E-state index in [1.807, 2.05) is 60.8 Å². The number of nitrogens with zero attached hydrogens (tertiary/aromatic N) is 2. The number of para-hydroxylation sites is 2. The Labute approximate surface area is 130 Å². The fourth-order valence-electron chi connectivity index (χ4n) is 2.47. The van der Waals surface area contributed by atoms with Gasteiger partial charge in [-0.25, -0.2) is 0 Å². The molecule has 0 N–H and O–H groups in total. The summed E-state index contributed by atoms with van der Waals surface area (Å²) in [5.41, 5.74) is 2.07. The van der Waals surface area contributed by atoms with Gasteiger partial charge < -0.3 is 9.64 Å². The number of benzene rings is 1. The standard InChI is InChI=1S/C18H19N2O2/c1-3-19-16-11-4-5-12-17(16)22-18(19)13-8-10-15-9-6-7-14-20(15)21-2/h4-14H,3H2,1-2H3/q+1. The summed E-state index contributed by atoms with van der Waals surface area (Å²) in [6.45, 7) is 2.97. The summed E-state index contributed by atoms with van der Waals surface area (Å²) >= 11 is 0. The maximum absolute atomic E-state index is 5.90. The van der Waals surface area contributed by atoms with E-state index in [0.717, 1.165) is 29.6 Å². The van der Waals surface area contributed by atoms with Crippen LogP contribution in [0.3, 0.4) is 0 Å². The summed E-state index contributed by atoms with van der Waals surface area (Å²) in [4.78, 5) is 7.41. The van der Waals surface area contributed by atoms with Gasteiger partial charge in [0.1, 0.15) is 7.11 Å². The SMILES string of the molecule is CCN1/C(=C\C=C\c2cccc[n+]2OC)Oc2ccccc21. The van der Waals surface area contributed by atoms with Crippen molar-refractivity contribution in [3.05, 3.63) is 72.4 Å². The lowest BCUT2D eigenvalue weighted by Crippen LogP contribution is -2.42.